The Morgan fingerprint density at radius 1 is 1.44 bits per heavy atom. The summed E-state index contributed by atoms with van der Waals surface area (Å²) in [5.41, 5.74) is 5.68. The van der Waals surface area contributed by atoms with E-state index in [9.17, 15) is 4.79 Å². The minimum Gasteiger partial charge on any atom is -0.396 e. The highest BCUT2D eigenvalue weighted by Crippen LogP contribution is 2.18. The van der Waals surface area contributed by atoms with Crippen LogP contribution in [0.15, 0.2) is 0 Å². The zero-order valence-electron chi connectivity index (χ0n) is 10.9. The van der Waals surface area contributed by atoms with Crippen molar-refractivity contribution < 1.29 is 9.90 Å². The summed E-state index contributed by atoms with van der Waals surface area (Å²) < 4.78 is 0. The minimum atomic E-state index is -0.426. The zero-order chi connectivity index (χ0) is 12.8. The van der Waals surface area contributed by atoms with E-state index in [1.807, 2.05) is 27.7 Å². The zero-order valence-corrected chi connectivity index (χ0v) is 10.9. The Morgan fingerprint density at radius 3 is 2.44 bits per heavy atom. The molecule has 0 saturated heterocycles. The molecule has 0 aromatic carbocycles. The number of aliphatic hydroxyl groups is 1. The van der Waals surface area contributed by atoms with Crippen LogP contribution in [0.2, 0.25) is 0 Å². The summed E-state index contributed by atoms with van der Waals surface area (Å²) in [6, 6.07) is -0.426. The molecule has 0 aliphatic heterocycles. The van der Waals surface area contributed by atoms with Crippen molar-refractivity contribution in [1.29, 1.82) is 0 Å². The Balaban J connectivity index is 3.97. The number of carbonyl (C=O) groups is 1. The highest BCUT2D eigenvalue weighted by molar-refractivity contribution is 5.81. The molecule has 0 aliphatic carbocycles. The standard InChI is InChI=1S/C12H26N2O2/c1-9(2)7-10(13)11(16)14-8-12(3,4)5-6-15/h9-10,15H,5-8,13H2,1-4H3,(H,14,16)/t10-/m1/s1. The van der Waals surface area contributed by atoms with Gasteiger partial charge in [-0.1, -0.05) is 27.7 Å². The van der Waals surface area contributed by atoms with E-state index in [2.05, 4.69) is 5.32 Å². The van der Waals surface area contributed by atoms with Crippen molar-refractivity contribution in [3.63, 3.8) is 0 Å². The lowest BCUT2D eigenvalue weighted by molar-refractivity contribution is -0.123. The van der Waals surface area contributed by atoms with Crippen LogP contribution in [0.4, 0.5) is 0 Å². The molecule has 16 heavy (non-hydrogen) atoms. The Bertz CT molecular complexity index is 215. The molecule has 0 aromatic rings. The maximum Gasteiger partial charge on any atom is 0.236 e. The molecular weight excluding hydrogens is 204 g/mol. The van der Waals surface area contributed by atoms with E-state index in [0.717, 1.165) is 0 Å². The van der Waals surface area contributed by atoms with Gasteiger partial charge in [-0.3, -0.25) is 4.79 Å². The number of hydrogen-bond acceptors (Lipinski definition) is 3. The first kappa shape index (κ1) is 15.4. The highest BCUT2D eigenvalue weighted by atomic mass is 16.3. The normalized spacial score (nSPS) is 13.9. The van der Waals surface area contributed by atoms with Crippen LogP contribution in [0.5, 0.6) is 0 Å². The monoisotopic (exact) mass is 230 g/mol. The number of amides is 1. The summed E-state index contributed by atoms with van der Waals surface area (Å²) in [6.45, 7) is 8.81. The van der Waals surface area contributed by atoms with Crippen LogP contribution in [0.3, 0.4) is 0 Å². The fourth-order valence-corrected chi connectivity index (χ4v) is 1.46. The highest BCUT2D eigenvalue weighted by Gasteiger charge is 2.20. The summed E-state index contributed by atoms with van der Waals surface area (Å²) in [5, 5.41) is 11.7. The Morgan fingerprint density at radius 2 is 2.00 bits per heavy atom. The van der Waals surface area contributed by atoms with Gasteiger partial charge in [-0.2, -0.15) is 0 Å². The summed E-state index contributed by atoms with van der Waals surface area (Å²) in [4.78, 5) is 11.6. The van der Waals surface area contributed by atoms with Crippen LogP contribution in [0.1, 0.15) is 40.5 Å². The minimum absolute atomic E-state index is 0.0814. The third-order valence-electron chi connectivity index (χ3n) is 2.59. The van der Waals surface area contributed by atoms with Gasteiger partial charge in [-0.15, -0.1) is 0 Å². The lowest BCUT2D eigenvalue weighted by atomic mass is 9.89. The Kier molecular flexibility index (Phi) is 6.60. The van der Waals surface area contributed by atoms with Gasteiger partial charge < -0.3 is 16.2 Å². The fraction of sp³-hybridized carbons (Fsp3) is 0.917. The van der Waals surface area contributed by atoms with Crippen LogP contribution in [-0.2, 0) is 4.79 Å². The molecule has 96 valence electrons. The summed E-state index contributed by atoms with van der Waals surface area (Å²) in [7, 11) is 0. The van der Waals surface area contributed by atoms with Crippen molar-refractivity contribution in [1.82, 2.24) is 5.32 Å². The third kappa shape index (κ3) is 6.80. The van der Waals surface area contributed by atoms with Crippen molar-refractivity contribution in [3.05, 3.63) is 0 Å². The van der Waals surface area contributed by atoms with E-state index in [1.165, 1.54) is 0 Å². The fourth-order valence-electron chi connectivity index (χ4n) is 1.46. The second-order valence-corrected chi connectivity index (χ2v) is 5.59. The molecule has 0 bridgehead atoms. The lowest BCUT2D eigenvalue weighted by Gasteiger charge is -2.25. The van der Waals surface area contributed by atoms with Crippen LogP contribution in [0.25, 0.3) is 0 Å². The predicted octanol–water partition coefficient (Wildman–Crippen LogP) is 0.885. The molecule has 1 amide bonds. The van der Waals surface area contributed by atoms with Crippen LogP contribution >= 0.6 is 0 Å². The third-order valence-corrected chi connectivity index (χ3v) is 2.59. The van der Waals surface area contributed by atoms with Gasteiger partial charge in [0, 0.05) is 13.2 Å². The van der Waals surface area contributed by atoms with Crippen molar-refractivity contribution in [2.75, 3.05) is 13.2 Å². The first-order valence-corrected chi connectivity index (χ1v) is 5.92. The van der Waals surface area contributed by atoms with Crippen LogP contribution < -0.4 is 11.1 Å². The molecule has 4 N–H and O–H groups in total. The average Bonchev–Trinajstić information content (AvgIpc) is 2.13. The second-order valence-electron chi connectivity index (χ2n) is 5.59. The molecule has 0 radical (unpaired) electrons. The summed E-state index contributed by atoms with van der Waals surface area (Å²) in [5.74, 6) is 0.325. The van der Waals surface area contributed by atoms with E-state index in [1.54, 1.807) is 0 Å². The molecule has 4 nitrogen and oxygen atoms in total. The van der Waals surface area contributed by atoms with Crippen molar-refractivity contribution in [2.24, 2.45) is 17.1 Å². The second kappa shape index (κ2) is 6.86. The van der Waals surface area contributed by atoms with Crippen molar-refractivity contribution in [3.8, 4) is 0 Å². The molecule has 4 heteroatoms. The van der Waals surface area contributed by atoms with E-state index in [-0.39, 0.29) is 17.9 Å². The Hall–Kier alpha value is -0.610. The largest absolute Gasteiger partial charge is 0.396 e. The van der Waals surface area contributed by atoms with Gasteiger partial charge in [0.1, 0.15) is 0 Å². The maximum absolute atomic E-state index is 11.6. The molecule has 1 atom stereocenters. The van der Waals surface area contributed by atoms with Gasteiger partial charge in [0.15, 0.2) is 0 Å². The summed E-state index contributed by atoms with van der Waals surface area (Å²) >= 11 is 0. The number of carbonyl (C=O) groups excluding carboxylic acids is 1. The number of nitrogens with one attached hydrogen (secondary N) is 1. The molecule has 0 aliphatic rings. The number of hydrogen-bond donors (Lipinski definition) is 3. The molecule has 0 rings (SSSR count). The van der Waals surface area contributed by atoms with Gasteiger partial charge in [-0.05, 0) is 24.2 Å². The smallest absolute Gasteiger partial charge is 0.236 e. The van der Waals surface area contributed by atoms with E-state index in [4.69, 9.17) is 10.8 Å². The quantitative estimate of drug-likeness (QED) is 0.608. The molecule has 0 aromatic heterocycles. The van der Waals surface area contributed by atoms with Crippen LogP contribution in [0, 0.1) is 11.3 Å². The number of rotatable bonds is 7. The average molecular weight is 230 g/mol. The molecular formula is C12H26N2O2. The molecule has 0 fully saturated rings. The molecule has 0 heterocycles. The van der Waals surface area contributed by atoms with Gasteiger partial charge in [0.05, 0.1) is 6.04 Å². The summed E-state index contributed by atoms with van der Waals surface area (Å²) in [6.07, 6.45) is 1.37. The van der Waals surface area contributed by atoms with E-state index >= 15 is 0 Å². The first-order valence-electron chi connectivity index (χ1n) is 5.92. The predicted molar refractivity (Wildman–Crippen MR) is 65.9 cm³/mol. The maximum atomic E-state index is 11.6. The Labute approximate surface area is 98.6 Å². The molecule has 0 spiro atoms. The van der Waals surface area contributed by atoms with Crippen molar-refractivity contribution >= 4 is 5.91 Å². The SMILES string of the molecule is CC(C)C[C@@H](N)C(=O)NCC(C)(C)CCO. The van der Waals surface area contributed by atoms with Gasteiger partial charge in [0.2, 0.25) is 5.91 Å². The van der Waals surface area contributed by atoms with Gasteiger partial charge in [-0.25, -0.2) is 0 Å². The number of aliphatic hydroxyl groups excluding tert-OH is 1. The topological polar surface area (TPSA) is 75.4 Å². The van der Waals surface area contributed by atoms with E-state index < -0.39 is 6.04 Å². The van der Waals surface area contributed by atoms with E-state index in [0.29, 0.717) is 25.3 Å². The molecule has 0 saturated carbocycles. The first-order chi connectivity index (χ1) is 7.28. The van der Waals surface area contributed by atoms with Gasteiger partial charge >= 0.3 is 0 Å². The number of nitrogens with two attached hydrogens (primary N) is 1. The van der Waals surface area contributed by atoms with Crippen LogP contribution in [-0.4, -0.2) is 30.2 Å². The van der Waals surface area contributed by atoms with Crippen molar-refractivity contribution in [2.45, 2.75) is 46.6 Å². The molecule has 0 unspecified atom stereocenters. The van der Waals surface area contributed by atoms with Gasteiger partial charge in [0.25, 0.3) is 0 Å². The lowest BCUT2D eigenvalue weighted by Crippen LogP contribution is -2.44.